The van der Waals surface area contributed by atoms with E-state index >= 15 is 0 Å². The van der Waals surface area contributed by atoms with E-state index in [1.165, 1.54) is 17.0 Å². The van der Waals surface area contributed by atoms with Crippen LogP contribution in [0.5, 0.6) is 0 Å². The van der Waals surface area contributed by atoms with Gasteiger partial charge in [-0.25, -0.2) is 9.97 Å². The molecule has 2 heterocycles. The molecule has 0 saturated carbocycles. The van der Waals surface area contributed by atoms with Crippen molar-refractivity contribution >= 4 is 15.9 Å². The number of fused-ring (bicyclic) bond motifs is 1. The molecule has 1 N–H and O–H groups in total. The zero-order valence-corrected chi connectivity index (χ0v) is 13.4. The summed E-state index contributed by atoms with van der Waals surface area (Å²) in [5.41, 5.74) is 4.75. The molecule has 0 aliphatic carbocycles. The van der Waals surface area contributed by atoms with Gasteiger partial charge in [0.05, 0.1) is 11.4 Å². The van der Waals surface area contributed by atoms with Crippen LogP contribution >= 0.6 is 15.9 Å². The van der Waals surface area contributed by atoms with Gasteiger partial charge in [-0.1, -0.05) is 41.9 Å². The lowest BCUT2D eigenvalue weighted by atomic mass is 9.98. The summed E-state index contributed by atoms with van der Waals surface area (Å²) in [6, 6.07) is 8.19. The third-order valence-corrected chi connectivity index (χ3v) is 4.09. The van der Waals surface area contributed by atoms with Crippen LogP contribution in [0.15, 0.2) is 28.7 Å². The highest BCUT2D eigenvalue weighted by Gasteiger charge is 2.19. The molecule has 1 aliphatic rings. The molecule has 3 nitrogen and oxygen atoms in total. The van der Waals surface area contributed by atoms with Crippen molar-refractivity contribution in [3.05, 3.63) is 45.7 Å². The molecule has 3 rings (SSSR count). The minimum atomic E-state index is 0.414. The maximum absolute atomic E-state index is 4.82. The van der Waals surface area contributed by atoms with E-state index in [1.54, 1.807) is 0 Å². The van der Waals surface area contributed by atoms with Gasteiger partial charge in [-0.2, -0.15) is 0 Å². The lowest BCUT2D eigenvalue weighted by molar-refractivity contribution is 0.609. The predicted octanol–water partition coefficient (Wildman–Crippen LogP) is 3.68. The highest BCUT2D eigenvalue weighted by Crippen LogP contribution is 2.27. The summed E-state index contributed by atoms with van der Waals surface area (Å²) in [6.45, 7) is 6.28. The fourth-order valence-electron chi connectivity index (χ4n) is 2.60. The van der Waals surface area contributed by atoms with E-state index in [0.29, 0.717) is 5.92 Å². The Kier molecular flexibility index (Phi) is 3.85. The smallest absolute Gasteiger partial charge is 0.159 e. The molecule has 20 heavy (non-hydrogen) atoms. The van der Waals surface area contributed by atoms with Crippen molar-refractivity contribution < 1.29 is 0 Å². The SMILES string of the molecule is CC(C)c1nc(-c2cccc(Br)c2)nc2c1CNCC2. The molecule has 1 aromatic heterocycles. The van der Waals surface area contributed by atoms with E-state index in [2.05, 4.69) is 47.2 Å². The molecule has 0 saturated heterocycles. The molecule has 0 amide bonds. The zero-order valence-electron chi connectivity index (χ0n) is 11.8. The third kappa shape index (κ3) is 2.63. The molecule has 0 atom stereocenters. The van der Waals surface area contributed by atoms with Gasteiger partial charge in [0.2, 0.25) is 0 Å². The fraction of sp³-hybridized carbons (Fsp3) is 0.375. The molecule has 4 heteroatoms. The highest BCUT2D eigenvalue weighted by atomic mass is 79.9. The van der Waals surface area contributed by atoms with Crippen LogP contribution in [-0.2, 0) is 13.0 Å². The topological polar surface area (TPSA) is 37.8 Å². The maximum Gasteiger partial charge on any atom is 0.159 e. The average molecular weight is 332 g/mol. The molecule has 1 aliphatic heterocycles. The Bertz CT molecular complexity index is 638. The summed E-state index contributed by atoms with van der Waals surface area (Å²) in [4.78, 5) is 9.62. The van der Waals surface area contributed by atoms with Gasteiger partial charge in [-0.05, 0) is 18.1 Å². The Hall–Kier alpha value is -1.26. The molecule has 0 unspecified atom stereocenters. The Morgan fingerprint density at radius 1 is 1.25 bits per heavy atom. The number of hydrogen-bond donors (Lipinski definition) is 1. The van der Waals surface area contributed by atoms with Crippen LogP contribution in [0.3, 0.4) is 0 Å². The van der Waals surface area contributed by atoms with Gasteiger partial charge in [0.1, 0.15) is 0 Å². The minimum absolute atomic E-state index is 0.414. The summed E-state index contributed by atoms with van der Waals surface area (Å²) >= 11 is 3.52. The first kappa shape index (κ1) is 13.7. The van der Waals surface area contributed by atoms with Crippen LogP contribution < -0.4 is 5.32 Å². The first-order chi connectivity index (χ1) is 9.65. The van der Waals surface area contributed by atoms with Gasteiger partial charge >= 0.3 is 0 Å². The third-order valence-electron chi connectivity index (χ3n) is 3.59. The molecule has 0 radical (unpaired) electrons. The van der Waals surface area contributed by atoms with Gasteiger partial charge < -0.3 is 5.32 Å². The second-order valence-corrected chi connectivity index (χ2v) is 6.37. The Labute approximate surface area is 128 Å². The summed E-state index contributed by atoms with van der Waals surface area (Å²) < 4.78 is 1.06. The van der Waals surface area contributed by atoms with Crippen LogP contribution in [0.2, 0.25) is 0 Å². The molecule has 104 valence electrons. The van der Waals surface area contributed by atoms with E-state index < -0.39 is 0 Å². The normalized spacial score (nSPS) is 14.4. The van der Waals surface area contributed by atoms with Crippen molar-refractivity contribution in [2.24, 2.45) is 0 Å². The van der Waals surface area contributed by atoms with Crippen molar-refractivity contribution in [1.29, 1.82) is 0 Å². The summed E-state index contributed by atoms with van der Waals surface area (Å²) in [5.74, 6) is 1.26. The second kappa shape index (κ2) is 5.62. The summed E-state index contributed by atoms with van der Waals surface area (Å²) in [6.07, 6.45) is 0.985. The lowest BCUT2D eigenvalue weighted by Gasteiger charge is -2.21. The monoisotopic (exact) mass is 331 g/mol. The molecule has 0 bridgehead atoms. The fourth-order valence-corrected chi connectivity index (χ4v) is 3.00. The van der Waals surface area contributed by atoms with Gasteiger partial charge in [-0.15, -0.1) is 0 Å². The molecule has 1 aromatic carbocycles. The molecule has 0 spiro atoms. The number of nitrogens with one attached hydrogen (secondary N) is 1. The second-order valence-electron chi connectivity index (χ2n) is 5.45. The Morgan fingerprint density at radius 2 is 2.10 bits per heavy atom. The first-order valence-electron chi connectivity index (χ1n) is 7.01. The van der Waals surface area contributed by atoms with E-state index in [9.17, 15) is 0 Å². The minimum Gasteiger partial charge on any atom is -0.312 e. The number of aromatic nitrogens is 2. The molecular weight excluding hydrogens is 314 g/mol. The van der Waals surface area contributed by atoms with Crippen LogP contribution in [0.1, 0.15) is 36.7 Å². The standard InChI is InChI=1S/C16H18BrN3/c1-10(2)15-13-9-18-7-6-14(13)19-16(20-15)11-4-3-5-12(17)8-11/h3-5,8,10,18H,6-7,9H2,1-2H3. The van der Waals surface area contributed by atoms with E-state index in [1.807, 2.05) is 12.1 Å². The number of nitrogens with zero attached hydrogens (tertiary/aromatic N) is 2. The summed E-state index contributed by atoms with van der Waals surface area (Å²) in [5, 5.41) is 3.42. The maximum atomic E-state index is 4.82. The Morgan fingerprint density at radius 3 is 2.85 bits per heavy atom. The van der Waals surface area contributed by atoms with Gasteiger partial charge in [0.15, 0.2) is 5.82 Å². The quantitative estimate of drug-likeness (QED) is 0.912. The first-order valence-corrected chi connectivity index (χ1v) is 7.81. The van der Waals surface area contributed by atoms with Crippen molar-refractivity contribution in [3.8, 4) is 11.4 Å². The van der Waals surface area contributed by atoms with Crippen LogP contribution in [0, 0.1) is 0 Å². The number of halogens is 1. The van der Waals surface area contributed by atoms with Crippen LogP contribution in [0.25, 0.3) is 11.4 Å². The van der Waals surface area contributed by atoms with Crippen molar-refractivity contribution in [1.82, 2.24) is 15.3 Å². The molecular formula is C16H18BrN3. The lowest BCUT2D eigenvalue weighted by Crippen LogP contribution is -2.27. The number of rotatable bonds is 2. The van der Waals surface area contributed by atoms with Gasteiger partial charge in [-0.3, -0.25) is 0 Å². The van der Waals surface area contributed by atoms with E-state index in [4.69, 9.17) is 9.97 Å². The van der Waals surface area contributed by atoms with Gasteiger partial charge in [0.25, 0.3) is 0 Å². The summed E-state index contributed by atoms with van der Waals surface area (Å²) in [7, 11) is 0. The van der Waals surface area contributed by atoms with E-state index in [0.717, 1.165) is 35.4 Å². The van der Waals surface area contributed by atoms with Crippen molar-refractivity contribution in [2.45, 2.75) is 32.7 Å². The molecule has 0 fully saturated rings. The van der Waals surface area contributed by atoms with Gasteiger partial charge in [0, 0.05) is 35.1 Å². The number of benzene rings is 1. The largest absolute Gasteiger partial charge is 0.312 e. The van der Waals surface area contributed by atoms with Crippen LogP contribution in [0.4, 0.5) is 0 Å². The predicted molar refractivity (Wildman–Crippen MR) is 84.7 cm³/mol. The Balaban J connectivity index is 2.15. The molecule has 2 aromatic rings. The van der Waals surface area contributed by atoms with Crippen LogP contribution in [-0.4, -0.2) is 16.5 Å². The van der Waals surface area contributed by atoms with E-state index in [-0.39, 0.29) is 0 Å². The van der Waals surface area contributed by atoms with Crippen molar-refractivity contribution in [3.63, 3.8) is 0 Å². The number of hydrogen-bond acceptors (Lipinski definition) is 3. The zero-order chi connectivity index (χ0) is 14.1. The highest BCUT2D eigenvalue weighted by molar-refractivity contribution is 9.10. The average Bonchev–Trinajstić information content (AvgIpc) is 2.46. The van der Waals surface area contributed by atoms with Crippen molar-refractivity contribution in [2.75, 3.05) is 6.54 Å².